The van der Waals surface area contributed by atoms with Crippen LogP contribution >= 0.6 is 0 Å². The molecule has 0 saturated carbocycles. The highest BCUT2D eigenvalue weighted by Gasteiger charge is 2.51. The van der Waals surface area contributed by atoms with Crippen LogP contribution in [0.4, 0.5) is 5.69 Å². The number of anilines is 1. The number of amides is 4. The van der Waals surface area contributed by atoms with E-state index in [4.69, 9.17) is 9.47 Å². The highest BCUT2D eigenvalue weighted by atomic mass is 16.7. The van der Waals surface area contributed by atoms with Crippen molar-refractivity contribution < 1.29 is 28.7 Å². The first-order valence-electron chi connectivity index (χ1n) is 12.8. The summed E-state index contributed by atoms with van der Waals surface area (Å²) >= 11 is 0. The number of rotatable bonds is 6. The summed E-state index contributed by atoms with van der Waals surface area (Å²) in [7, 11) is 0. The Morgan fingerprint density at radius 2 is 1.64 bits per heavy atom. The zero-order valence-electron chi connectivity index (χ0n) is 20.8. The number of carbonyl (C=O) groups excluding carboxylic acids is 4. The highest BCUT2D eigenvalue weighted by Crippen LogP contribution is 2.38. The maximum atomic E-state index is 13.6. The molecule has 1 aliphatic carbocycles. The molecule has 2 saturated heterocycles. The van der Waals surface area contributed by atoms with Crippen LogP contribution in [0.15, 0.2) is 30.4 Å². The Bertz CT molecular complexity index is 1060. The van der Waals surface area contributed by atoms with Gasteiger partial charge in [0.25, 0.3) is 0 Å². The van der Waals surface area contributed by atoms with Crippen molar-refractivity contribution in [1.82, 2.24) is 9.80 Å². The fourth-order valence-electron chi connectivity index (χ4n) is 5.69. The summed E-state index contributed by atoms with van der Waals surface area (Å²) in [5, 5.41) is 2.94. The van der Waals surface area contributed by atoms with Crippen LogP contribution in [0.1, 0.15) is 46.0 Å². The van der Waals surface area contributed by atoms with Crippen molar-refractivity contribution in [3.05, 3.63) is 30.4 Å². The molecule has 0 radical (unpaired) electrons. The minimum Gasteiger partial charge on any atom is -0.454 e. The summed E-state index contributed by atoms with van der Waals surface area (Å²) in [6.45, 7) is 4.98. The second-order valence-corrected chi connectivity index (χ2v) is 10.5. The molecule has 3 aliphatic heterocycles. The number of hydrogen-bond acceptors (Lipinski definition) is 6. The lowest BCUT2D eigenvalue weighted by Gasteiger charge is -2.36. The molecule has 0 unspecified atom stereocenters. The number of hydrogen-bond donors (Lipinski definition) is 1. The molecule has 9 heteroatoms. The van der Waals surface area contributed by atoms with E-state index in [2.05, 4.69) is 5.32 Å². The monoisotopic (exact) mass is 495 g/mol. The topological polar surface area (TPSA) is 105 Å². The number of allylic oxidation sites excluding steroid dienone is 2. The minimum atomic E-state index is -0.783. The number of ether oxygens (including phenoxy) is 2. The van der Waals surface area contributed by atoms with Crippen molar-refractivity contribution in [2.75, 3.05) is 25.2 Å². The number of benzene rings is 1. The van der Waals surface area contributed by atoms with E-state index in [1.54, 1.807) is 23.1 Å². The molecule has 0 bridgehead atoms. The van der Waals surface area contributed by atoms with E-state index in [-0.39, 0.29) is 54.1 Å². The van der Waals surface area contributed by atoms with Gasteiger partial charge in [0.2, 0.25) is 30.4 Å². The maximum Gasteiger partial charge on any atom is 0.245 e. The van der Waals surface area contributed by atoms with Crippen LogP contribution in [-0.4, -0.2) is 59.4 Å². The smallest absolute Gasteiger partial charge is 0.245 e. The van der Waals surface area contributed by atoms with E-state index in [9.17, 15) is 19.2 Å². The van der Waals surface area contributed by atoms with Gasteiger partial charge in [-0.2, -0.15) is 0 Å². The number of nitrogens with one attached hydrogen (secondary N) is 1. The van der Waals surface area contributed by atoms with Gasteiger partial charge in [-0.25, -0.2) is 0 Å². The molecule has 4 aliphatic rings. The van der Waals surface area contributed by atoms with Crippen LogP contribution in [0.5, 0.6) is 11.5 Å². The Hall–Kier alpha value is -3.36. The van der Waals surface area contributed by atoms with Crippen LogP contribution in [-0.2, 0) is 19.2 Å². The number of nitrogens with zero attached hydrogens (tertiary/aromatic N) is 2. The van der Waals surface area contributed by atoms with Gasteiger partial charge < -0.3 is 19.7 Å². The number of piperidine rings is 1. The van der Waals surface area contributed by atoms with Crippen molar-refractivity contribution in [2.24, 2.45) is 23.7 Å². The lowest BCUT2D eigenvalue weighted by Crippen LogP contribution is -2.54. The van der Waals surface area contributed by atoms with Crippen molar-refractivity contribution in [1.29, 1.82) is 0 Å². The van der Waals surface area contributed by atoms with E-state index in [1.807, 2.05) is 26.0 Å². The average molecular weight is 496 g/mol. The van der Waals surface area contributed by atoms with Crippen molar-refractivity contribution in [2.45, 2.75) is 52.0 Å². The van der Waals surface area contributed by atoms with Gasteiger partial charge in [0.1, 0.15) is 6.04 Å². The maximum absolute atomic E-state index is 13.6. The Morgan fingerprint density at radius 1 is 1.00 bits per heavy atom. The van der Waals surface area contributed by atoms with Gasteiger partial charge in [0.05, 0.1) is 11.8 Å². The quantitative estimate of drug-likeness (QED) is 0.481. The molecule has 0 spiro atoms. The number of carbonyl (C=O) groups is 4. The molecule has 1 aromatic carbocycles. The zero-order valence-corrected chi connectivity index (χ0v) is 20.8. The number of likely N-dealkylation sites (tertiary alicyclic amines) is 2. The van der Waals surface area contributed by atoms with Gasteiger partial charge in [-0.1, -0.05) is 26.0 Å². The molecular formula is C27H33N3O6. The minimum absolute atomic E-state index is 0.0961. The normalized spacial score (nSPS) is 24.3. The van der Waals surface area contributed by atoms with Gasteiger partial charge in [0.15, 0.2) is 11.5 Å². The third kappa shape index (κ3) is 4.58. The summed E-state index contributed by atoms with van der Waals surface area (Å²) in [5.41, 5.74) is 0.641. The third-order valence-corrected chi connectivity index (χ3v) is 7.65. The first-order chi connectivity index (χ1) is 17.3. The summed E-state index contributed by atoms with van der Waals surface area (Å²) in [6.07, 6.45) is 6.49. The second-order valence-electron chi connectivity index (χ2n) is 10.5. The van der Waals surface area contributed by atoms with E-state index in [0.717, 1.165) is 0 Å². The van der Waals surface area contributed by atoms with Crippen LogP contribution in [0.25, 0.3) is 0 Å². The average Bonchev–Trinajstić information content (AvgIpc) is 3.44. The summed E-state index contributed by atoms with van der Waals surface area (Å²) in [4.78, 5) is 55.8. The number of imide groups is 1. The Balaban J connectivity index is 1.22. The Kier molecular flexibility index (Phi) is 6.73. The van der Waals surface area contributed by atoms with Crippen molar-refractivity contribution in [3.8, 4) is 11.5 Å². The first kappa shape index (κ1) is 24.3. The highest BCUT2D eigenvalue weighted by molar-refractivity contribution is 6.08. The molecule has 0 aromatic heterocycles. The first-order valence-corrected chi connectivity index (χ1v) is 12.8. The molecule has 3 atom stereocenters. The standard InChI is InChI=1S/C27H33N3O6/c1-16(2)13-21(30-25(32)19-5-3-4-6-20(19)26(30)33)27(34)29-11-9-17(10-12-29)24(31)28-18-7-8-22-23(14-18)36-15-35-22/h3-4,7-8,14,16-17,19-21H,5-6,9-13,15H2,1-2H3,(H,28,31)/t19-,20-,21-/m1/s1. The Morgan fingerprint density at radius 3 is 2.28 bits per heavy atom. The third-order valence-electron chi connectivity index (χ3n) is 7.65. The van der Waals surface area contributed by atoms with Gasteiger partial charge in [-0.15, -0.1) is 0 Å². The molecule has 1 aromatic rings. The number of fused-ring (bicyclic) bond motifs is 2. The SMILES string of the molecule is CC(C)C[C@H](C(=O)N1CCC(C(=O)Nc2ccc3c(c2)OCO3)CC1)N1C(=O)[C@@H]2CC=CC[C@H]2C1=O. The van der Waals surface area contributed by atoms with E-state index >= 15 is 0 Å². The van der Waals surface area contributed by atoms with Crippen molar-refractivity contribution >= 4 is 29.3 Å². The molecule has 9 nitrogen and oxygen atoms in total. The second kappa shape index (κ2) is 9.95. The van der Waals surface area contributed by atoms with Crippen molar-refractivity contribution in [3.63, 3.8) is 0 Å². The molecule has 192 valence electrons. The molecule has 4 amide bonds. The lowest BCUT2D eigenvalue weighted by molar-refractivity contribution is -0.153. The predicted molar refractivity (Wildman–Crippen MR) is 131 cm³/mol. The van der Waals surface area contributed by atoms with Gasteiger partial charge in [-0.05, 0) is 50.2 Å². The van der Waals surface area contributed by atoms with E-state index in [0.29, 0.717) is 62.4 Å². The molecule has 3 heterocycles. The summed E-state index contributed by atoms with van der Waals surface area (Å²) < 4.78 is 10.7. The van der Waals surface area contributed by atoms with Gasteiger partial charge in [0, 0.05) is 30.8 Å². The van der Waals surface area contributed by atoms with E-state index in [1.165, 1.54) is 4.90 Å². The fraction of sp³-hybridized carbons (Fsp3) is 0.556. The van der Waals surface area contributed by atoms with Gasteiger partial charge >= 0.3 is 0 Å². The van der Waals surface area contributed by atoms with Crippen LogP contribution in [0, 0.1) is 23.7 Å². The zero-order chi connectivity index (χ0) is 25.4. The van der Waals surface area contributed by atoms with E-state index < -0.39 is 6.04 Å². The molecule has 1 N–H and O–H groups in total. The van der Waals surface area contributed by atoms with Crippen LogP contribution in [0.3, 0.4) is 0 Å². The molecule has 36 heavy (non-hydrogen) atoms. The fourth-order valence-corrected chi connectivity index (χ4v) is 5.69. The molecular weight excluding hydrogens is 462 g/mol. The van der Waals surface area contributed by atoms with Gasteiger partial charge in [-0.3, -0.25) is 24.1 Å². The Labute approximate surface area is 210 Å². The largest absolute Gasteiger partial charge is 0.454 e. The summed E-state index contributed by atoms with van der Waals surface area (Å²) in [6, 6.07) is 4.50. The summed E-state index contributed by atoms with van der Waals surface area (Å²) in [5.74, 6) is -0.249. The molecule has 5 rings (SSSR count). The van der Waals surface area contributed by atoms with Crippen LogP contribution in [0.2, 0.25) is 0 Å². The predicted octanol–water partition coefficient (Wildman–Crippen LogP) is 2.96. The molecule has 2 fully saturated rings. The lowest BCUT2D eigenvalue weighted by atomic mass is 9.85. The van der Waals surface area contributed by atoms with Crippen LogP contribution < -0.4 is 14.8 Å².